The predicted octanol–water partition coefficient (Wildman–Crippen LogP) is 2.59. The van der Waals surface area contributed by atoms with Gasteiger partial charge in [-0.25, -0.2) is 4.72 Å². The summed E-state index contributed by atoms with van der Waals surface area (Å²) >= 11 is 6.63. The summed E-state index contributed by atoms with van der Waals surface area (Å²) in [7, 11) is -1.25. The number of nitrogens with one attached hydrogen (secondary N) is 2. The molecule has 1 aromatic carbocycles. The van der Waals surface area contributed by atoms with Crippen molar-refractivity contribution in [3.8, 4) is 0 Å². The van der Waals surface area contributed by atoms with Gasteiger partial charge in [-0.15, -0.1) is 0 Å². The molecule has 0 saturated carbocycles. The molecule has 0 fully saturated rings. The fourth-order valence-electron chi connectivity index (χ4n) is 3.84. The van der Waals surface area contributed by atoms with Crippen molar-refractivity contribution >= 4 is 39.4 Å². The first-order valence-corrected chi connectivity index (χ1v) is 10.9. The van der Waals surface area contributed by atoms with E-state index in [0.717, 1.165) is 59.8 Å². The number of aromatic nitrogens is 1. The molecule has 2 N–H and O–H groups in total. The van der Waals surface area contributed by atoms with Crippen molar-refractivity contribution in [2.24, 2.45) is 0 Å². The van der Waals surface area contributed by atoms with E-state index in [-0.39, 0.29) is 11.7 Å². The minimum atomic E-state index is -3.90. The van der Waals surface area contributed by atoms with Crippen LogP contribution in [0.2, 0.25) is 5.02 Å². The lowest BCUT2D eigenvalue weighted by Crippen LogP contribution is -2.39. The molecule has 2 aromatic rings. The summed E-state index contributed by atoms with van der Waals surface area (Å²) in [6, 6.07) is 0.151. The Labute approximate surface area is 168 Å². The highest BCUT2D eigenvalue weighted by Gasteiger charge is 2.29. The Hall–Kier alpha value is -2.10. The number of hydrogen-bond acceptors (Lipinski definition) is 6. The molecule has 28 heavy (non-hydrogen) atoms. The highest BCUT2D eigenvalue weighted by molar-refractivity contribution is 7.87. The highest BCUT2D eigenvalue weighted by Crippen LogP contribution is 2.44. The van der Waals surface area contributed by atoms with E-state index in [1.54, 1.807) is 0 Å². The first kappa shape index (κ1) is 19.2. The van der Waals surface area contributed by atoms with E-state index < -0.39 is 16.1 Å². The second-order valence-electron chi connectivity index (χ2n) is 7.19. The molecule has 2 aliphatic carbocycles. The molecule has 1 aromatic heterocycles. The number of carbonyl (C=O) groups excluding carboxylic acids is 1. The SMILES string of the molecule is CN(C)S(=O)(=O)NC(=O)c1coc(Nc2c3c(c(Cl)c4c2CCC4)CCC3)n1. The van der Waals surface area contributed by atoms with Crippen LogP contribution < -0.4 is 10.0 Å². The second-order valence-corrected chi connectivity index (χ2v) is 9.45. The van der Waals surface area contributed by atoms with E-state index in [2.05, 4.69) is 10.3 Å². The molecule has 8 nitrogen and oxygen atoms in total. The van der Waals surface area contributed by atoms with Crippen molar-refractivity contribution in [1.29, 1.82) is 0 Å². The van der Waals surface area contributed by atoms with Gasteiger partial charge in [0.25, 0.3) is 11.9 Å². The monoisotopic (exact) mass is 424 g/mol. The molecule has 0 saturated heterocycles. The predicted molar refractivity (Wildman–Crippen MR) is 105 cm³/mol. The number of oxazole rings is 1. The van der Waals surface area contributed by atoms with Crippen LogP contribution in [0.1, 0.15) is 45.6 Å². The Balaban J connectivity index is 1.62. The van der Waals surface area contributed by atoms with Gasteiger partial charge in [0.1, 0.15) is 6.26 Å². The summed E-state index contributed by atoms with van der Waals surface area (Å²) in [6.45, 7) is 0. The molecule has 0 radical (unpaired) electrons. The number of rotatable bonds is 5. The number of halogens is 1. The number of amides is 1. The minimum absolute atomic E-state index is 0.116. The van der Waals surface area contributed by atoms with Crippen LogP contribution >= 0.6 is 11.6 Å². The first-order valence-electron chi connectivity index (χ1n) is 9.10. The van der Waals surface area contributed by atoms with Gasteiger partial charge in [-0.2, -0.15) is 17.7 Å². The molecule has 10 heteroatoms. The third-order valence-corrected chi connectivity index (χ3v) is 7.10. The Morgan fingerprint density at radius 2 is 1.68 bits per heavy atom. The van der Waals surface area contributed by atoms with Gasteiger partial charge >= 0.3 is 10.2 Å². The van der Waals surface area contributed by atoms with Crippen molar-refractivity contribution in [3.63, 3.8) is 0 Å². The van der Waals surface area contributed by atoms with Gasteiger partial charge in [-0.05, 0) is 60.8 Å². The Morgan fingerprint density at radius 3 is 2.25 bits per heavy atom. The summed E-state index contributed by atoms with van der Waals surface area (Å²) in [5.74, 6) is -0.850. The molecule has 0 bridgehead atoms. The summed E-state index contributed by atoms with van der Waals surface area (Å²) in [4.78, 5) is 16.3. The zero-order valence-corrected chi connectivity index (χ0v) is 17.2. The van der Waals surface area contributed by atoms with E-state index in [1.807, 2.05) is 4.72 Å². The number of carbonyl (C=O) groups is 1. The average Bonchev–Trinajstić information content (AvgIpc) is 3.37. The zero-order valence-electron chi connectivity index (χ0n) is 15.6. The van der Waals surface area contributed by atoms with Crippen LogP contribution in [-0.4, -0.2) is 37.7 Å². The quantitative estimate of drug-likeness (QED) is 0.764. The van der Waals surface area contributed by atoms with E-state index in [4.69, 9.17) is 16.0 Å². The van der Waals surface area contributed by atoms with Crippen LogP contribution in [0.4, 0.5) is 11.7 Å². The van der Waals surface area contributed by atoms with Crippen LogP contribution in [0.5, 0.6) is 0 Å². The van der Waals surface area contributed by atoms with Crippen molar-refractivity contribution in [3.05, 3.63) is 39.2 Å². The van der Waals surface area contributed by atoms with Crippen LogP contribution in [0, 0.1) is 0 Å². The lowest BCUT2D eigenvalue weighted by atomic mass is 9.98. The fraction of sp³-hybridized carbons (Fsp3) is 0.444. The third kappa shape index (κ3) is 3.27. The zero-order chi connectivity index (χ0) is 20.1. The standard InChI is InChI=1S/C18H21ClN4O4S/c1-23(2)28(25,26)22-17(24)14-9-27-18(20-14)21-16-12-7-3-5-10(12)15(19)11-6-4-8-13(11)16/h9H,3-8H2,1-2H3,(H,20,21)(H,22,24). The van der Waals surface area contributed by atoms with Crippen molar-refractivity contribution < 1.29 is 17.6 Å². The second kappa shape index (κ2) is 7.06. The van der Waals surface area contributed by atoms with Gasteiger partial charge in [0.2, 0.25) is 0 Å². The van der Waals surface area contributed by atoms with E-state index >= 15 is 0 Å². The highest BCUT2D eigenvalue weighted by atomic mass is 35.5. The molecule has 4 rings (SSSR count). The van der Waals surface area contributed by atoms with Gasteiger partial charge in [0.15, 0.2) is 5.69 Å². The van der Waals surface area contributed by atoms with Crippen LogP contribution in [-0.2, 0) is 35.9 Å². The molecule has 0 spiro atoms. The van der Waals surface area contributed by atoms with Crippen LogP contribution in [0.25, 0.3) is 0 Å². The van der Waals surface area contributed by atoms with Gasteiger partial charge < -0.3 is 9.73 Å². The molecule has 2 aliphatic rings. The minimum Gasteiger partial charge on any atom is -0.431 e. The lowest BCUT2D eigenvalue weighted by Gasteiger charge is -2.17. The average molecular weight is 425 g/mol. The summed E-state index contributed by atoms with van der Waals surface area (Å²) in [5.41, 5.74) is 5.60. The Bertz CT molecular complexity index is 1030. The first-order chi connectivity index (χ1) is 13.3. The van der Waals surface area contributed by atoms with Gasteiger partial charge in [0, 0.05) is 24.8 Å². The number of fused-ring (bicyclic) bond motifs is 2. The Morgan fingerprint density at radius 1 is 1.11 bits per heavy atom. The topological polar surface area (TPSA) is 105 Å². The van der Waals surface area contributed by atoms with Gasteiger partial charge in [-0.3, -0.25) is 4.79 Å². The van der Waals surface area contributed by atoms with Crippen molar-refractivity contribution in [1.82, 2.24) is 14.0 Å². The smallest absolute Gasteiger partial charge is 0.303 e. The van der Waals surface area contributed by atoms with Gasteiger partial charge in [-0.1, -0.05) is 11.6 Å². The normalized spacial score (nSPS) is 15.6. The maximum atomic E-state index is 12.2. The fourth-order valence-corrected chi connectivity index (χ4v) is 4.78. The maximum absolute atomic E-state index is 12.2. The third-order valence-electron chi connectivity index (χ3n) is 5.24. The number of anilines is 2. The molecule has 150 valence electrons. The number of nitrogens with zero attached hydrogens (tertiary/aromatic N) is 2. The molecule has 0 aliphatic heterocycles. The largest absolute Gasteiger partial charge is 0.431 e. The maximum Gasteiger partial charge on any atom is 0.303 e. The van der Waals surface area contributed by atoms with Crippen LogP contribution in [0.3, 0.4) is 0 Å². The summed E-state index contributed by atoms with van der Waals surface area (Å²) in [6.07, 6.45) is 7.01. The van der Waals surface area contributed by atoms with Crippen molar-refractivity contribution in [2.75, 3.05) is 19.4 Å². The number of benzene rings is 1. The van der Waals surface area contributed by atoms with Crippen molar-refractivity contribution in [2.45, 2.75) is 38.5 Å². The van der Waals surface area contributed by atoms with E-state index in [9.17, 15) is 13.2 Å². The lowest BCUT2D eigenvalue weighted by molar-refractivity contribution is 0.0975. The Kier molecular flexibility index (Phi) is 4.84. The summed E-state index contributed by atoms with van der Waals surface area (Å²) < 4.78 is 31.8. The van der Waals surface area contributed by atoms with E-state index in [1.165, 1.54) is 36.3 Å². The molecule has 0 unspecified atom stereocenters. The molecule has 0 atom stereocenters. The molecule has 1 heterocycles. The molecular weight excluding hydrogens is 404 g/mol. The van der Waals surface area contributed by atoms with Gasteiger partial charge in [0.05, 0.1) is 0 Å². The summed E-state index contributed by atoms with van der Waals surface area (Å²) in [5, 5.41) is 4.11. The molecular formula is C18H21ClN4O4S. The van der Waals surface area contributed by atoms with E-state index in [0.29, 0.717) is 0 Å². The number of hydrogen-bond donors (Lipinski definition) is 2. The molecule has 1 amide bonds. The van der Waals surface area contributed by atoms with Crippen LogP contribution in [0.15, 0.2) is 10.7 Å².